The summed E-state index contributed by atoms with van der Waals surface area (Å²) in [5.74, 6) is 0.00788. The van der Waals surface area contributed by atoms with Gasteiger partial charge in [0.05, 0.1) is 18.2 Å². The number of aromatic nitrogens is 3. The smallest absolute Gasteiger partial charge is 0.254 e. The minimum atomic E-state index is 0.00788. The summed E-state index contributed by atoms with van der Waals surface area (Å²) < 4.78 is 1.74. The van der Waals surface area contributed by atoms with Crippen LogP contribution in [-0.4, -0.2) is 32.1 Å². The van der Waals surface area contributed by atoms with Crippen LogP contribution in [0.1, 0.15) is 40.4 Å². The highest BCUT2D eigenvalue weighted by molar-refractivity contribution is 5.94. The first-order valence-electron chi connectivity index (χ1n) is 8.89. The first-order valence-corrected chi connectivity index (χ1v) is 8.89. The lowest BCUT2D eigenvalue weighted by atomic mass is 10.1. The summed E-state index contributed by atoms with van der Waals surface area (Å²) in [5.41, 5.74) is 3.36. The average Bonchev–Trinajstić information content (AvgIpc) is 3.21. The van der Waals surface area contributed by atoms with E-state index in [-0.39, 0.29) is 5.91 Å². The molecule has 3 rings (SSSR count). The third-order valence-electron chi connectivity index (χ3n) is 4.25. The van der Waals surface area contributed by atoms with Crippen molar-refractivity contribution in [1.29, 1.82) is 5.26 Å². The van der Waals surface area contributed by atoms with E-state index in [0.717, 1.165) is 17.5 Å². The second kappa shape index (κ2) is 8.77. The SMILES string of the molecule is CCCN(Cc1ccc(C#N)cc1)C(=O)c1ccc(Cn2cncn2)cc1. The van der Waals surface area contributed by atoms with E-state index in [1.165, 1.54) is 6.33 Å². The van der Waals surface area contributed by atoms with Gasteiger partial charge in [0.15, 0.2) is 0 Å². The fraction of sp³-hybridized carbons (Fsp3) is 0.238. The fourth-order valence-electron chi connectivity index (χ4n) is 2.86. The summed E-state index contributed by atoms with van der Waals surface area (Å²) in [6, 6.07) is 17.1. The van der Waals surface area contributed by atoms with Crippen molar-refractivity contribution in [3.8, 4) is 6.07 Å². The van der Waals surface area contributed by atoms with Crippen molar-refractivity contribution in [3.05, 3.63) is 83.4 Å². The van der Waals surface area contributed by atoms with Gasteiger partial charge in [-0.05, 0) is 41.8 Å². The molecule has 0 aliphatic carbocycles. The van der Waals surface area contributed by atoms with Crippen LogP contribution < -0.4 is 0 Å². The number of carbonyl (C=O) groups excluding carboxylic acids is 1. The van der Waals surface area contributed by atoms with E-state index in [2.05, 4.69) is 23.1 Å². The predicted molar refractivity (Wildman–Crippen MR) is 102 cm³/mol. The Hall–Kier alpha value is -3.46. The Morgan fingerprint density at radius 3 is 2.41 bits per heavy atom. The molecule has 1 amide bonds. The fourth-order valence-corrected chi connectivity index (χ4v) is 2.86. The van der Waals surface area contributed by atoms with Gasteiger partial charge < -0.3 is 4.90 Å². The maximum Gasteiger partial charge on any atom is 0.254 e. The van der Waals surface area contributed by atoms with Crippen molar-refractivity contribution >= 4 is 5.91 Å². The van der Waals surface area contributed by atoms with Crippen LogP contribution in [0, 0.1) is 11.3 Å². The van der Waals surface area contributed by atoms with Crippen LogP contribution in [-0.2, 0) is 13.1 Å². The molecule has 0 saturated heterocycles. The molecule has 6 nitrogen and oxygen atoms in total. The van der Waals surface area contributed by atoms with E-state index in [0.29, 0.717) is 30.8 Å². The molecule has 1 aromatic heterocycles. The number of nitrogens with zero attached hydrogens (tertiary/aromatic N) is 5. The van der Waals surface area contributed by atoms with E-state index in [1.54, 1.807) is 23.1 Å². The van der Waals surface area contributed by atoms with E-state index in [4.69, 9.17) is 5.26 Å². The molecular weight excluding hydrogens is 338 g/mol. The number of hydrogen-bond donors (Lipinski definition) is 0. The van der Waals surface area contributed by atoms with Gasteiger partial charge in [-0.25, -0.2) is 9.67 Å². The highest BCUT2D eigenvalue weighted by Crippen LogP contribution is 2.13. The third kappa shape index (κ3) is 4.79. The van der Waals surface area contributed by atoms with Crippen LogP contribution in [0.2, 0.25) is 0 Å². The molecule has 0 unspecified atom stereocenters. The van der Waals surface area contributed by atoms with E-state index >= 15 is 0 Å². The Bertz CT molecular complexity index is 909. The second-order valence-corrected chi connectivity index (χ2v) is 6.33. The first-order chi connectivity index (χ1) is 13.2. The molecule has 0 fully saturated rings. The summed E-state index contributed by atoms with van der Waals surface area (Å²) in [6.07, 6.45) is 4.05. The van der Waals surface area contributed by atoms with Gasteiger partial charge in [0.2, 0.25) is 0 Å². The van der Waals surface area contributed by atoms with Gasteiger partial charge in [0.1, 0.15) is 12.7 Å². The van der Waals surface area contributed by atoms with Crippen LogP contribution in [0.4, 0.5) is 0 Å². The highest BCUT2D eigenvalue weighted by Gasteiger charge is 2.15. The number of nitriles is 1. The molecule has 0 spiro atoms. The lowest BCUT2D eigenvalue weighted by Gasteiger charge is -2.22. The van der Waals surface area contributed by atoms with Gasteiger partial charge in [-0.2, -0.15) is 10.4 Å². The molecule has 1 heterocycles. The maximum absolute atomic E-state index is 12.9. The van der Waals surface area contributed by atoms with Crippen LogP contribution in [0.25, 0.3) is 0 Å². The van der Waals surface area contributed by atoms with Crippen LogP contribution in [0.3, 0.4) is 0 Å². The summed E-state index contributed by atoms with van der Waals surface area (Å²) in [6.45, 7) is 3.89. The van der Waals surface area contributed by atoms with Crippen LogP contribution in [0.15, 0.2) is 61.2 Å². The third-order valence-corrected chi connectivity index (χ3v) is 4.25. The normalized spacial score (nSPS) is 10.4. The zero-order chi connectivity index (χ0) is 19.1. The van der Waals surface area contributed by atoms with Crippen molar-refractivity contribution in [1.82, 2.24) is 19.7 Å². The minimum Gasteiger partial charge on any atom is -0.334 e. The average molecular weight is 359 g/mol. The Morgan fingerprint density at radius 1 is 1.11 bits per heavy atom. The summed E-state index contributed by atoms with van der Waals surface area (Å²) >= 11 is 0. The summed E-state index contributed by atoms with van der Waals surface area (Å²) in [5, 5.41) is 13.0. The molecule has 136 valence electrons. The standard InChI is InChI=1S/C21H21N5O/c1-2-11-25(13-18-5-3-17(12-22)4-6-18)21(27)20-9-7-19(8-10-20)14-26-16-23-15-24-26/h3-10,15-16H,2,11,13-14H2,1H3. The molecular formula is C21H21N5O. The van der Waals surface area contributed by atoms with Gasteiger partial charge in [0, 0.05) is 18.7 Å². The van der Waals surface area contributed by atoms with Gasteiger partial charge in [-0.1, -0.05) is 31.2 Å². The molecule has 27 heavy (non-hydrogen) atoms. The Morgan fingerprint density at radius 2 is 1.81 bits per heavy atom. The number of rotatable bonds is 7. The van der Waals surface area contributed by atoms with E-state index < -0.39 is 0 Å². The summed E-state index contributed by atoms with van der Waals surface area (Å²) in [7, 11) is 0. The Kier molecular flexibility index (Phi) is 5.95. The molecule has 0 radical (unpaired) electrons. The summed E-state index contributed by atoms with van der Waals surface area (Å²) in [4.78, 5) is 18.7. The minimum absolute atomic E-state index is 0.00788. The zero-order valence-corrected chi connectivity index (χ0v) is 15.2. The lowest BCUT2D eigenvalue weighted by molar-refractivity contribution is 0.0743. The predicted octanol–water partition coefficient (Wildman–Crippen LogP) is 3.25. The molecule has 0 aliphatic heterocycles. The zero-order valence-electron chi connectivity index (χ0n) is 15.2. The largest absolute Gasteiger partial charge is 0.334 e. The van der Waals surface area contributed by atoms with Crippen LogP contribution >= 0.6 is 0 Å². The Labute approximate surface area is 158 Å². The van der Waals surface area contributed by atoms with Gasteiger partial charge in [0.25, 0.3) is 5.91 Å². The highest BCUT2D eigenvalue weighted by atomic mass is 16.2. The van der Waals surface area contributed by atoms with Crippen molar-refractivity contribution in [2.24, 2.45) is 0 Å². The van der Waals surface area contributed by atoms with E-state index in [9.17, 15) is 4.79 Å². The van der Waals surface area contributed by atoms with Crippen molar-refractivity contribution in [2.45, 2.75) is 26.4 Å². The molecule has 0 saturated carbocycles. The molecule has 3 aromatic rings. The van der Waals surface area contributed by atoms with Crippen molar-refractivity contribution < 1.29 is 4.79 Å². The van der Waals surface area contributed by atoms with Crippen LogP contribution in [0.5, 0.6) is 0 Å². The van der Waals surface area contributed by atoms with Gasteiger partial charge >= 0.3 is 0 Å². The topological polar surface area (TPSA) is 74.8 Å². The van der Waals surface area contributed by atoms with Crippen molar-refractivity contribution in [2.75, 3.05) is 6.54 Å². The van der Waals surface area contributed by atoms with Gasteiger partial charge in [-0.15, -0.1) is 0 Å². The number of hydrogen-bond acceptors (Lipinski definition) is 4. The Balaban J connectivity index is 1.70. The van der Waals surface area contributed by atoms with Crippen molar-refractivity contribution in [3.63, 3.8) is 0 Å². The molecule has 0 bridgehead atoms. The molecule has 0 atom stereocenters. The molecule has 6 heteroatoms. The van der Waals surface area contributed by atoms with Gasteiger partial charge in [-0.3, -0.25) is 4.79 Å². The lowest BCUT2D eigenvalue weighted by Crippen LogP contribution is -2.31. The monoisotopic (exact) mass is 359 g/mol. The number of amides is 1. The van der Waals surface area contributed by atoms with E-state index in [1.807, 2.05) is 41.3 Å². The molecule has 2 aromatic carbocycles. The number of carbonyl (C=O) groups is 1. The quantitative estimate of drug-likeness (QED) is 0.649. The molecule has 0 aliphatic rings. The molecule has 0 N–H and O–H groups in total. The first kappa shape index (κ1) is 18.3. The number of benzene rings is 2. The maximum atomic E-state index is 12.9. The second-order valence-electron chi connectivity index (χ2n) is 6.33.